The molecule has 0 unspecified atom stereocenters. The Morgan fingerprint density at radius 2 is 2.06 bits per heavy atom. The van der Waals surface area contributed by atoms with E-state index in [1.165, 1.54) is 24.9 Å². The SMILES string of the molecule is C[C@@H](Cl)C(=O)Nc1cccc(N2CCCCC2)c1. The van der Waals surface area contributed by atoms with Gasteiger partial charge in [-0.15, -0.1) is 11.6 Å². The molecule has 0 bridgehead atoms. The third kappa shape index (κ3) is 3.39. The maximum absolute atomic E-state index is 11.5. The van der Waals surface area contributed by atoms with Gasteiger partial charge in [-0.2, -0.15) is 0 Å². The molecule has 98 valence electrons. The minimum atomic E-state index is -0.511. The molecule has 0 aliphatic carbocycles. The number of hydrogen-bond acceptors (Lipinski definition) is 2. The summed E-state index contributed by atoms with van der Waals surface area (Å²) in [5.41, 5.74) is 1.99. The summed E-state index contributed by atoms with van der Waals surface area (Å²) in [4.78, 5) is 13.9. The molecule has 1 heterocycles. The number of amides is 1. The first-order chi connectivity index (χ1) is 8.66. The number of nitrogens with zero attached hydrogens (tertiary/aromatic N) is 1. The van der Waals surface area contributed by atoms with Gasteiger partial charge in [0.25, 0.3) is 0 Å². The first-order valence-electron chi connectivity index (χ1n) is 6.47. The minimum absolute atomic E-state index is 0.160. The van der Waals surface area contributed by atoms with Gasteiger partial charge in [0.15, 0.2) is 0 Å². The molecule has 0 saturated carbocycles. The highest BCUT2D eigenvalue weighted by Crippen LogP contribution is 2.23. The van der Waals surface area contributed by atoms with E-state index in [1.807, 2.05) is 18.2 Å². The van der Waals surface area contributed by atoms with E-state index < -0.39 is 5.38 Å². The van der Waals surface area contributed by atoms with Crippen LogP contribution in [0.15, 0.2) is 24.3 Å². The van der Waals surface area contributed by atoms with Crippen molar-refractivity contribution in [3.05, 3.63) is 24.3 Å². The molecule has 1 aromatic carbocycles. The highest BCUT2D eigenvalue weighted by Gasteiger charge is 2.13. The molecule has 1 fully saturated rings. The van der Waals surface area contributed by atoms with Crippen LogP contribution in [0.4, 0.5) is 11.4 Å². The van der Waals surface area contributed by atoms with Gasteiger partial charge in [0, 0.05) is 24.5 Å². The van der Waals surface area contributed by atoms with E-state index in [0.29, 0.717) is 0 Å². The largest absolute Gasteiger partial charge is 0.371 e. The van der Waals surface area contributed by atoms with Crippen LogP contribution < -0.4 is 10.2 Å². The Morgan fingerprint density at radius 1 is 1.33 bits per heavy atom. The fourth-order valence-corrected chi connectivity index (χ4v) is 2.23. The molecule has 1 atom stereocenters. The second kappa shape index (κ2) is 6.10. The van der Waals surface area contributed by atoms with Crippen LogP contribution in [-0.4, -0.2) is 24.4 Å². The normalized spacial score (nSPS) is 17.3. The molecule has 0 aromatic heterocycles. The fourth-order valence-electron chi connectivity index (χ4n) is 2.17. The quantitative estimate of drug-likeness (QED) is 0.852. The van der Waals surface area contributed by atoms with E-state index in [2.05, 4.69) is 16.3 Å². The van der Waals surface area contributed by atoms with Crippen molar-refractivity contribution >= 4 is 28.9 Å². The number of carbonyl (C=O) groups is 1. The van der Waals surface area contributed by atoms with E-state index in [9.17, 15) is 4.79 Å². The summed E-state index contributed by atoms with van der Waals surface area (Å²) in [6.45, 7) is 3.87. The molecule has 1 saturated heterocycles. The molecule has 2 rings (SSSR count). The topological polar surface area (TPSA) is 32.3 Å². The Labute approximate surface area is 113 Å². The van der Waals surface area contributed by atoms with E-state index in [1.54, 1.807) is 6.92 Å². The van der Waals surface area contributed by atoms with Crippen molar-refractivity contribution in [2.75, 3.05) is 23.3 Å². The zero-order chi connectivity index (χ0) is 13.0. The third-order valence-corrected chi connectivity index (χ3v) is 3.39. The van der Waals surface area contributed by atoms with Gasteiger partial charge in [0.2, 0.25) is 5.91 Å². The monoisotopic (exact) mass is 266 g/mol. The van der Waals surface area contributed by atoms with Crippen LogP contribution in [0, 0.1) is 0 Å². The van der Waals surface area contributed by atoms with Crippen molar-refractivity contribution in [2.45, 2.75) is 31.6 Å². The molecule has 4 heteroatoms. The molecule has 0 spiro atoms. The van der Waals surface area contributed by atoms with Gasteiger partial charge in [-0.3, -0.25) is 4.79 Å². The lowest BCUT2D eigenvalue weighted by Crippen LogP contribution is -2.29. The van der Waals surface area contributed by atoms with Crippen LogP contribution in [0.1, 0.15) is 26.2 Å². The van der Waals surface area contributed by atoms with Gasteiger partial charge in [-0.1, -0.05) is 6.07 Å². The second-order valence-corrected chi connectivity index (χ2v) is 5.36. The number of halogens is 1. The van der Waals surface area contributed by atoms with Gasteiger partial charge in [0.05, 0.1) is 0 Å². The molecule has 1 N–H and O–H groups in total. The number of piperidine rings is 1. The molecule has 1 aliphatic heterocycles. The number of carbonyl (C=O) groups excluding carboxylic acids is 1. The lowest BCUT2D eigenvalue weighted by Gasteiger charge is -2.29. The number of alkyl halides is 1. The van der Waals surface area contributed by atoms with Crippen LogP contribution in [0.25, 0.3) is 0 Å². The van der Waals surface area contributed by atoms with Crippen LogP contribution in [-0.2, 0) is 4.79 Å². The Morgan fingerprint density at radius 3 is 2.72 bits per heavy atom. The van der Waals surface area contributed by atoms with E-state index in [-0.39, 0.29) is 5.91 Å². The second-order valence-electron chi connectivity index (χ2n) is 4.70. The van der Waals surface area contributed by atoms with Crippen molar-refractivity contribution in [2.24, 2.45) is 0 Å². The smallest absolute Gasteiger partial charge is 0.242 e. The highest BCUT2D eigenvalue weighted by atomic mass is 35.5. The maximum Gasteiger partial charge on any atom is 0.242 e. The summed E-state index contributed by atoms with van der Waals surface area (Å²) in [5, 5.41) is 2.31. The van der Waals surface area contributed by atoms with E-state index >= 15 is 0 Å². The minimum Gasteiger partial charge on any atom is -0.371 e. The molecule has 1 aromatic rings. The molecule has 18 heavy (non-hydrogen) atoms. The third-order valence-electron chi connectivity index (χ3n) is 3.20. The zero-order valence-corrected chi connectivity index (χ0v) is 11.4. The van der Waals surface area contributed by atoms with Crippen molar-refractivity contribution in [3.63, 3.8) is 0 Å². The van der Waals surface area contributed by atoms with Gasteiger partial charge in [-0.25, -0.2) is 0 Å². The summed E-state index contributed by atoms with van der Waals surface area (Å²) in [5.74, 6) is -0.160. The Hall–Kier alpha value is -1.22. The van der Waals surface area contributed by atoms with Gasteiger partial charge < -0.3 is 10.2 Å². The standard InChI is InChI=1S/C14H19ClN2O/c1-11(15)14(18)16-12-6-5-7-13(10-12)17-8-3-2-4-9-17/h5-7,10-11H,2-4,8-9H2,1H3,(H,16,18)/t11-/m1/s1. The summed E-state index contributed by atoms with van der Waals surface area (Å²) in [6.07, 6.45) is 3.81. The number of nitrogens with one attached hydrogen (secondary N) is 1. The first kappa shape index (κ1) is 13.2. The van der Waals surface area contributed by atoms with E-state index in [4.69, 9.17) is 11.6 Å². The van der Waals surface area contributed by atoms with Gasteiger partial charge >= 0.3 is 0 Å². The van der Waals surface area contributed by atoms with Crippen molar-refractivity contribution in [3.8, 4) is 0 Å². The molecular weight excluding hydrogens is 248 g/mol. The zero-order valence-electron chi connectivity index (χ0n) is 10.7. The van der Waals surface area contributed by atoms with Crippen LogP contribution >= 0.6 is 11.6 Å². The Bertz CT molecular complexity index is 414. The van der Waals surface area contributed by atoms with Crippen LogP contribution in [0.5, 0.6) is 0 Å². The fraction of sp³-hybridized carbons (Fsp3) is 0.500. The highest BCUT2D eigenvalue weighted by molar-refractivity contribution is 6.32. The number of rotatable bonds is 3. The maximum atomic E-state index is 11.5. The number of anilines is 2. The predicted molar refractivity (Wildman–Crippen MR) is 76.5 cm³/mol. The molecule has 1 amide bonds. The number of hydrogen-bond donors (Lipinski definition) is 1. The molecule has 1 aliphatic rings. The molecular formula is C14H19ClN2O. The average molecular weight is 267 g/mol. The van der Waals surface area contributed by atoms with Crippen LogP contribution in [0.2, 0.25) is 0 Å². The predicted octanol–water partition coefficient (Wildman–Crippen LogP) is 3.24. The first-order valence-corrected chi connectivity index (χ1v) is 6.90. The van der Waals surface area contributed by atoms with Crippen molar-refractivity contribution in [1.82, 2.24) is 0 Å². The average Bonchev–Trinajstić information content (AvgIpc) is 2.40. The van der Waals surface area contributed by atoms with Crippen molar-refractivity contribution in [1.29, 1.82) is 0 Å². The molecule has 3 nitrogen and oxygen atoms in total. The lowest BCUT2D eigenvalue weighted by molar-refractivity contribution is -0.115. The number of benzene rings is 1. The summed E-state index contributed by atoms with van der Waals surface area (Å²) >= 11 is 5.74. The summed E-state index contributed by atoms with van der Waals surface area (Å²) in [7, 11) is 0. The van der Waals surface area contributed by atoms with E-state index in [0.717, 1.165) is 18.8 Å². The summed E-state index contributed by atoms with van der Waals surface area (Å²) in [6, 6.07) is 7.97. The van der Waals surface area contributed by atoms with Crippen LogP contribution in [0.3, 0.4) is 0 Å². The Balaban J connectivity index is 2.07. The lowest BCUT2D eigenvalue weighted by atomic mass is 10.1. The molecule has 0 radical (unpaired) electrons. The Kier molecular flexibility index (Phi) is 4.48. The van der Waals surface area contributed by atoms with Crippen molar-refractivity contribution < 1.29 is 4.79 Å². The summed E-state index contributed by atoms with van der Waals surface area (Å²) < 4.78 is 0. The van der Waals surface area contributed by atoms with Gasteiger partial charge in [-0.05, 0) is 44.4 Å². The van der Waals surface area contributed by atoms with Gasteiger partial charge in [0.1, 0.15) is 5.38 Å².